The Labute approximate surface area is 113 Å². The Morgan fingerprint density at radius 1 is 1.44 bits per heavy atom. The van der Waals surface area contributed by atoms with Gasteiger partial charge in [0.15, 0.2) is 9.84 Å². The van der Waals surface area contributed by atoms with E-state index in [0.717, 1.165) is 29.0 Å². The predicted octanol–water partition coefficient (Wildman–Crippen LogP) is 2.32. The number of halogens is 1. The maximum Gasteiger partial charge on any atom is 0.154 e. The highest BCUT2D eigenvalue weighted by molar-refractivity contribution is 7.92. The van der Waals surface area contributed by atoms with Crippen LogP contribution in [0, 0.1) is 6.92 Å². The quantitative estimate of drug-likeness (QED) is 0.924. The SMILES string of the molecule is Cc1ccc(CNCC2CCCS2(=O)=O)cc1Cl. The van der Waals surface area contributed by atoms with Crippen LogP contribution in [0.5, 0.6) is 0 Å². The number of hydrogen-bond donors (Lipinski definition) is 1. The van der Waals surface area contributed by atoms with Crippen molar-refractivity contribution in [1.82, 2.24) is 5.32 Å². The summed E-state index contributed by atoms with van der Waals surface area (Å²) in [6.07, 6.45) is 1.58. The van der Waals surface area contributed by atoms with Crippen molar-refractivity contribution >= 4 is 21.4 Å². The summed E-state index contributed by atoms with van der Waals surface area (Å²) in [6.45, 7) is 3.16. The molecule has 1 aromatic rings. The van der Waals surface area contributed by atoms with Gasteiger partial charge in [-0.25, -0.2) is 8.42 Å². The molecule has 0 aliphatic carbocycles. The first-order valence-corrected chi connectivity index (χ1v) is 8.26. The molecule has 1 aromatic carbocycles. The molecular formula is C13H18ClNO2S. The Kier molecular flexibility index (Phi) is 4.30. The minimum absolute atomic E-state index is 0.210. The molecule has 1 aliphatic heterocycles. The number of hydrogen-bond acceptors (Lipinski definition) is 3. The molecule has 18 heavy (non-hydrogen) atoms. The minimum Gasteiger partial charge on any atom is -0.311 e. The molecule has 1 unspecified atom stereocenters. The van der Waals surface area contributed by atoms with Crippen molar-refractivity contribution in [3.63, 3.8) is 0 Å². The molecule has 3 nitrogen and oxygen atoms in total. The minimum atomic E-state index is -2.84. The summed E-state index contributed by atoms with van der Waals surface area (Å²) in [5.41, 5.74) is 2.14. The molecule has 5 heteroatoms. The Bertz CT molecular complexity index is 528. The van der Waals surface area contributed by atoms with Crippen LogP contribution in [0.25, 0.3) is 0 Å². The molecule has 0 aromatic heterocycles. The molecule has 0 spiro atoms. The van der Waals surface area contributed by atoms with Crippen molar-refractivity contribution < 1.29 is 8.42 Å². The number of rotatable bonds is 4. The maximum absolute atomic E-state index is 11.6. The molecule has 1 saturated heterocycles. The van der Waals surface area contributed by atoms with E-state index >= 15 is 0 Å². The lowest BCUT2D eigenvalue weighted by molar-refractivity contribution is 0.574. The van der Waals surface area contributed by atoms with Gasteiger partial charge in [0.25, 0.3) is 0 Å². The monoisotopic (exact) mass is 287 g/mol. The van der Waals surface area contributed by atoms with Crippen molar-refractivity contribution in [2.24, 2.45) is 0 Å². The lowest BCUT2D eigenvalue weighted by Crippen LogP contribution is -2.30. The highest BCUT2D eigenvalue weighted by Gasteiger charge is 2.30. The molecule has 1 heterocycles. The third-order valence-electron chi connectivity index (χ3n) is 3.40. The van der Waals surface area contributed by atoms with Crippen LogP contribution < -0.4 is 5.32 Å². The molecule has 0 radical (unpaired) electrons. The van der Waals surface area contributed by atoms with Crippen LogP contribution >= 0.6 is 11.6 Å². The zero-order valence-corrected chi connectivity index (χ0v) is 12.0. The molecule has 1 fully saturated rings. The van der Waals surface area contributed by atoms with Gasteiger partial charge in [0.2, 0.25) is 0 Å². The van der Waals surface area contributed by atoms with E-state index in [1.165, 1.54) is 0 Å². The first kappa shape index (κ1) is 13.8. The number of benzene rings is 1. The van der Waals surface area contributed by atoms with Crippen molar-refractivity contribution in [3.05, 3.63) is 34.3 Å². The Morgan fingerprint density at radius 2 is 2.22 bits per heavy atom. The van der Waals surface area contributed by atoms with Gasteiger partial charge in [0.05, 0.1) is 11.0 Å². The van der Waals surface area contributed by atoms with Gasteiger partial charge in [-0.2, -0.15) is 0 Å². The first-order chi connectivity index (χ1) is 8.49. The smallest absolute Gasteiger partial charge is 0.154 e. The molecule has 1 N–H and O–H groups in total. The number of sulfone groups is 1. The highest BCUT2D eigenvalue weighted by atomic mass is 35.5. The number of aryl methyl sites for hydroxylation is 1. The fourth-order valence-electron chi connectivity index (χ4n) is 2.21. The van der Waals surface area contributed by atoms with E-state index in [4.69, 9.17) is 11.6 Å². The summed E-state index contributed by atoms with van der Waals surface area (Å²) < 4.78 is 23.3. The Hall–Kier alpha value is -0.580. The van der Waals surface area contributed by atoms with Gasteiger partial charge in [0.1, 0.15) is 0 Å². The Morgan fingerprint density at radius 3 is 2.83 bits per heavy atom. The molecule has 0 amide bonds. The lowest BCUT2D eigenvalue weighted by atomic mass is 10.1. The van der Waals surface area contributed by atoms with Crippen LogP contribution in [0.1, 0.15) is 24.0 Å². The van der Waals surface area contributed by atoms with Gasteiger partial charge in [0, 0.05) is 18.1 Å². The normalized spacial score (nSPS) is 22.2. The van der Waals surface area contributed by atoms with Crippen LogP contribution in [0.3, 0.4) is 0 Å². The van der Waals surface area contributed by atoms with Crippen molar-refractivity contribution in [2.75, 3.05) is 12.3 Å². The van der Waals surface area contributed by atoms with E-state index < -0.39 is 9.84 Å². The van der Waals surface area contributed by atoms with E-state index in [-0.39, 0.29) is 5.25 Å². The molecular weight excluding hydrogens is 270 g/mol. The fraction of sp³-hybridized carbons (Fsp3) is 0.538. The summed E-state index contributed by atoms with van der Waals surface area (Å²) >= 11 is 6.04. The summed E-state index contributed by atoms with van der Waals surface area (Å²) in [6, 6.07) is 5.91. The maximum atomic E-state index is 11.6. The second-order valence-corrected chi connectivity index (χ2v) is 7.65. The third kappa shape index (κ3) is 3.25. The van der Waals surface area contributed by atoms with Crippen molar-refractivity contribution in [3.8, 4) is 0 Å². The molecule has 1 aliphatic rings. The van der Waals surface area contributed by atoms with Crippen LogP contribution in [0.4, 0.5) is 0 Å². The zero-order valence-electron chi connectivity index (χ0n) is 10.4. The van der Waals surface area contributed by atoms with Gasteiger partial charge >= 0.3 is 0 Å². The van der Waals surface area contributed by atoms with Crippen molar-refractivity contribution in [2.45, 2.75) is 31.6 Å². The van der Waals surface area contributed by atoms with Crippen LogP contribution in [-0.4, -0.2) is 26.0 Å². The van der Waals surface area contributed by atoms with E-state index in [0.29, 0.717) is 18.8 Å². The molecule has 2 rings (SSSR count). The largest absolute Gasteiger partial charge is 0.311 e. The van der Waals surface area contributed by atoms with E-state index in [1.54, 1.807) is 0 Å². The van der Waals surface area contributed by atoms with E-state index in [1.807, 2.05) is 25.1 Å². The standard InChI is InChI=1S/C13H18ClNO2S/c1-10-4-5-11(7-13(10)14)8-15-9-12-3-2-6-18(12,16)17/h4-5,7,12,15H,2-3,6,8-9H2,1H3. The van der Waals surface area contributed by atoms with Gasteiger partial charge in [-0.3, -0.25) is 0 Å². The summed E-state index contributed by atoms with van der Waals surface area (Å²) in [7, 11) is -2.84. The van der Waals surface area contributed by atoms with Crippen LogP contribution in [-0.2, 0) is 16.4 Å². The van der Waals surface area contributed by atoms with Crippen LogP contribution in [0.2, 0.25) is 5.02 Å². The fourth-order valence-corrected chi connectivity index (χ4v) is 4.21. The molecule has 0 saturated carbocycles. The summed E-state index contributed by atoms with van der Waals surface area (Å²) in [4.78, 5) is 0. The van der Waals surface area contributed by atoms with Gasteiger partial charge < -0.3 is 5.32 Å². The molecule has 1 atom stereocenters. The van der Waals surface area contributed by atoms with Gasteiger partial charge in [-0.15, -0.1) is 0 Å². The summed E-state index contributed by atoms with van der Waals surface area (Å²) in [5, 5.41) is 3.75. The second-order valence-electron chi connectivity index (χ2n) is 4.85. The topological polar surface area (TPSA) is 46.2 Å². The van der Waals surface area contributed by atoms with Gasteiger partial charge in [-0.1, -0.05) is 23.7 Å². The van der Waals surface area contributed by atoms with E-state index in [9.17, 15) is 8.42 Å². The predicted molar refractivity (Wildman–Crippen MR) is 74.7 cm³/mol. The first-order valence-electron chi connectivity index (χ1n) is 6.16. The summed E-state index contributed by atoms with van der Waals surface area (Å²) in [5.74, 6) is 0.343. The van der Waals surface area contributed by atoms with Gasteiger partial charge in [-0.05, 0) is 37.0 Å². The molecule has 100 valence electrons. The zero-order chi connectivity index (χ0) is 13.2. The van der Waals surface area contributed by atoms with Crippen LogP contribution in [0.15, 0.2) is 18.2 Å². The highest BCUT2D eigenvalue weighted by Crippen LogP contribution is 2.20. The van der Waals surface area contributed by atoms with Crippen molar-refractivity contribution in [1.29, 1.82) is 0 Å². The number of nitrogens with one attached hydrogen (secondary N) is 1. The average Bonchev–Trinajstić information content (AvgIpc) is 2.63. The average molecular weight is 288 g/mol. The molecule has 0 bridgehead atoms. The second kappa shape index (κ2) is 5.59. The third-order valence-corrected chi connectivity index (χ3v) is 6.08. The Balaban J connectivity index is 1.87. The van der Waals surface area contributed by atoms with E-state index in [2.05, 4.69) is 5.32 Å². The lowest BCUT2D eigenvalue weighted by Gasteiger charge is -2.11.